The summed E-state index contributed by atoms with van der Waals surface area (Å²) in [6.07, 6.45) is 5.36. The fourth-order valence-electron chi connectivity index (χ4n) is 5.00. The number of nitrogens with zero attached hydrogens (tertiary/aromatic N) is 3. The van der Waals surface area contributed by atoms with Gasteiger partial charge < -0.3 is 9.32 Å². The van der Waals surface area contributed by atoms with Crippen LogP contribution in [0.5, 0.6) is 0 Å². The van der Waals surface area contributed by atoms with Crippen LogP contribution in [-0.4, -0.2) is 33.4 Å². The van der Waals surface area contributed by atoms with Gasteiger partial charge in [-0.1, -0.05) is 42.3 Å². The zero-order chi connectivity index (χ0) is 23.7. The van der Waals surface area contributed by atoms with E-state index in [2.05, 4.69) is 21.8 Å². The van der Waals surface area contributed by atoms with E-state index in [9.17, 15) is 4.79 Å². The number of fused-ring (bicyclic) bond motifs is 1. The molecule has 1 aliphatic rings. The number of piperidine rings is 1. The van der Waals surface area contributed by atoms with Crippen molar-refractivity contribution in [3.63, 3.8) is 0 Å². The highest BCUT2D eigenvalue weighted by Crippen LogP contribution is 2.31. The minimum atomic E-state index is 0.0743. The molecule has 0 unspecified atom stereocenters. The summed E-state index contributed by atoms with van der Waals surface area (Å²) in [5.74, 6) is 1.16. The topological polar surface area (TPSA) is 59.2 Å². The van der Waals surface area contributed by atoms with E-state index in [4.69, 9.17) is 16.0 Å². The second-order valence-corrected chi connectivity index (χ2v) is 9.64. The van der Waals surface area contributed by atoms with Gasteiger partial charge in [0, 0.05) is 41.4 Å². The molecule has 2 aromatic heterocycles. The number of carbonyl (C=O) groups is 1. The number of likely N-dealkylation sites (tertiary alicyclic amines) is 1. The first-order valence-corrected chi connectivity index (χ1v) is 12.3. The Balaban J connectivity index is 1.41. The van der Waals surface area contributed by atoms with Crippen LogP contribution < -0.4 is 0 Å². The molecule has 0 N–H and O–H groups in total. The zero-order valence-corrected chi connectivity index (χ0v) is 20.3. The van der Waals surface area contributed by atoms with Gasteiger partial charge in [-0.2, -0.15) is 0 Å². The van der Waals surface area contributed by atoms with Gasteiger partial charge in [-0.15, -0.1) is 0 Å². The first-order chi connectivity index (χ1) is 16.5. The molecule has 0 bridgehead atoms. The van der Waals surface area contributed by atoms with Crippen LogP contribution in [0.2, 0.25) is 5.02 Å². The number of carbonyl (C=O) groups excluding carboxylic acids is 1. The van der Waals surface area contributed by atoms with Crippen LogP contribution in [0.15, 0.2) is 65.2 Å². The molecule has 3 heterocycles. The smallest absolute Gasteiger partial charge is 0.254 e. The number of amides is 1. The van der Waals surface area contributed by atoms with Gasteiger partial charge in [0.15, 0.2) is 11.5 Å². The van der Waals surface area contributed by atoms with Gasteiger partial charge >= 0.3 is 0 Å². The lowest BCUT2D eigenvalue weighted by atomic mass is 9.86. The van der Waals surface area contributed by atoms with Gasteiger partial charge in [-0.3, -0.25) is 9.78 Å². The average Bonchev–Trinajstić information content (AvgIpc) is 3.25. The fourth-order valence-corrected chi connectivity index (χ4v) is 5.17. The number of benzene rings is 2. The van der Waals surface area contributed by atoms with E-state index in [1.807, 2.05) is 61.5 Å². The van der Waals surface area contributed by atoms with Gasteiger partial charge in [-0.05, 0) is 68.5 Å². The Kier molecular flexibility index (Phi) is 6.38. The Morgan fingerprint density at radius 3 is 2.88 bits per heavy atom. The third-order valence-electron chi connectivity index (χ3n) is 6.77. The molecule has 4 aromatic rings. The van der Waals surface area contributed by atoms with Crippen molar-refractivity contribution in [2.75, 3.05) is 6.54 Å². The van der Waals surface area contributed by atoms with Crippen molar-refractivity contribution in [1.82, 2.24) is 14.9 Å². The van der Waals surface area contributed by atoms with E-state index < -0.39 is 0 Å². The Bertz CT molecular complexity index is 1320. The van der Waals surface area contributed by atoms with Crippen LogP contribution in [0.1, 0.15) is 48.0 Å². The number of hydrogen-bond donors (Lipinski definition) is 0. The number of aryl methyl sites for hydroxylation is 2. The van der Waals surface area contributed by atoms with E-state index >= 15 is 0 Å². The zero-order valence-electron chi connectivity index (χ0n) is 19.5. The molecule has 0 saturated carbocycles. The predicted octanol–water partition coefficient (Wildman–Crippen LogP) is 6.73. The number of oxazole rings is 1. The number of pyridine rings is 1. The normalized spacial score (nSPS) is 18.4. The van der Waals surface area contributed by atoms with Crippen molar-refractivity contribution in [1.29, 1.82) is 0 Å². The van der Waals surface area contributed by atoms with Crippen molar-refractivity contribution in [2.45, 2.75) is 45.6 Å². The number of hydrogen-bond acceptors (Lipinski definition) is 4. The summed E-state index contributed by atoms with van der Waals surface area (Å²) >= 11 is 6.10. The van der Waals surface area contributed by atoms with Crippen molar-refractivity contribution in [3.05, 3.63) is 82.8 Å². The summed E-state index contributed by atoms with van der Waals surface area (Å²) in [7, 11) is 0. The number of aromatic nitrogens is 2. The quantitative estimate of drug-likeness (QED) is 0.322. The summed E-state index contributed by atoms with van der Waals surface area (Å²) in [6, 6.07) is 17.4. The monoisotopic (exact) mass is 473 g/mol. The van der Waals surface area contributed by atoms with Crippen LogP contribution in [0.3, 0.4) is 0 Å². The molecule has 0 radical (unpaired) electrons. The molecule has 2 atom stereocenters. The minimum Gasteiger partial charge on any atom is -0.441 e. The van der Waals surface area contributed by atoms with Gasteiger partial charge in [0.25, 0.3) is 5.91 Å². The third-order valence-corrected chi connectivity index (χ3v) is 7.01. The molecule has 2 aromatic carbocycles. The maximum Gasteiger partial charge on any atom is 0.254 e. The lowest BCUT2D eigenvalue weighted by Gasteiger charge is -2.40. The summed E-state index contributed by atoms with van der Waals surface area (Å²) < 4.78 is 5.94. The summed E-state index contributed by atoms with van der Waals surface area (Å²) in [5, 5.41) is 0.645. The van der Waals surface area contributed by atoms with Crippen molar-refractivity contribution < 1.29 is 9.21 Å². The molecule has 34 heavy (non-hydrogen) atoms. The highest BCUT2D eigenvalue weighted by atomic mass is 35.5. The standard InChI is InChI=1S/C28H28ClN3O2/c1-18-8-10-21(23-7-3-4-14-30-23)22(16-18)28(33)32-15-5-6-19(2)25(32)11-13-27-31-24-17-20(29)9-12-26(24)34-27/h3-4,7-10,12,14,16-17,19,25H,5-6,11,13,15H2,1-2H3/t19-,25-/m1/s1. The predicted molar refractivity (Wildman–Crippen MR) is 135 cm³/mol. The molecule has 174 valence electrons. The summed E-state index contributed by atoms with van der Waals surface area (Å²) in [4.78, 5) is 25.1. The highest BCUT2D eigenvalue weighted by Gasteiger charge is 2.33. The van der Waals surface area contributed by atoms with Gasteiger partial charge in [-0.25, -0.2) is 4.98 Å². The van der Waals surface area contributed by atoms with E-state index in [-0.39, 0.29) is 11.9 Å². The first-order valence-electron chi connectivity index (χ1n) is 11.9. The lowest BCUT2D eigenvalue weighted by molar-refractivity contribution is 0.0497. The Morgan fingerprint density at radius 2 is 2.06 bits per heavy atom. The molecule has 0 spiro atoms. The highest BCUT2D eigenvalue weighted by molar-refractivity contribution is 6.31. The van der Waals surface area contributed by atoms with Gasteiger partial charge in [0.05, 0.1) is 5.69 Å². The van der Waals surface area contributed by atoms with Crippen molar-refractivity contribution >= 4 is 28.6 Å². The second kappa shape index (κ2) is 9.59. The van der Waals surface area contributed by atoms with Crippen molar-refractivity contribution in [2.24, 2.45) is 5.92 Å². The lowest BCUT2D eigenvalue weighted by Crippen LogP contribution is -2.48. The molecular formula is C28H28ClN3O2. The number of rotatable bonds is 5. The van der Waals surface area contributed by atoms with Crippen LogP contribution in [0.25, 0.3) is 22.4 Å². The Labute approximate surface area is 204 Å². The SMILES string of the molecule is Cc1ccc(-c2ccccn2)c(C(=O)N2CCC[C@@H](C)[C@H]2CCc2nc3cc(Cl)ccc3o2)c1. The first kappa shape index (κ1) is 22.6. The Hall–Kier alpha value is -3.18. The molecule has 0 aliphatic carbocycles. The number of halogens is 1. The van der Waals surface area contributed by atoms with Gasteiger partial charge in [0.2, 0.25) is 0 Å². The molecular weight excluding hydrogens is 446 g/mol. The van der Waals surface area contributed by atoms with Crippen LogP contribution >= 0.6 is 11.6 Å². The molecule has 5 rings (SSSR count). The summed E-state index contributed by atoms with van der Waals surface area (Å²) in [6.45, 7) is 5.02. The maximum absolute atomic E-state index is 13.9. The maximum atomic E-state index is 13.9. The average molecular weight is 474 g/mol. The van der Waals surface area contributed by atoms with E-state index in [1.54, 1.807) is 6.20 Å². The summed E-state index contributed by atoms with van der Waals surface area (Å²) in [5.41, 5.74) is 4.99. The molecule has 1 fully saturated rings. The molecule has 6 heteroatoms. The van der Waals surface area contributed by atoms with Crippen molar-refractivity contribution in [3.8, 4) is 11.3 Å². The van der Waals surface area contributed by atoms with Crippen LogP contribution in [-0.2, 0) is 6.42 Å². The van der Waals surface area contributed by atoms with Crippen LogP contribution in [0, 0.1) is 12.8 Å². The van der Waals surface area contributed by atoms with E-state index in [0.717, 1.165) is 53.7 Å². The molecule has 1 aliphatic heterocycles. The van der Waals surface area contributed by atoms with Crippen LogP contribution in [0.4, 0.5) is 0 Å². The fraction of sp³-hybridized carbons (Fsp3) is 0.321. The van der Waals surface area contributed by atoms with E-state index in [1.165, 1.54) is 0 Å². The third kappa shape index (κ3) is 4.58. The molecule has 5 nitrogen and oxygen atoms in total. The van der Waals surface area contributed by atoms with Gasteiger partial charge in [0.1, 0.15) is 5.52 Å². The largest absolute Gasteiger partial charge is 0.441 e. The second-order valence-electron chi connectivity index (χ2n) is 9.21. The Morgan fingerprint density at radius 1 is 1.18 bits per heavy atom. The molecule has 1 amide bonds. The molecule has 1 saturated heterocycles. The van der Waals surface area contributed by atoms with E-state index in [0.29, 0.717) is 28.8 Å². The minimum absolute atomic E-state index is 0.0743.